The average molecular weight is 302 g/mol. The van der Waals surface area contributed by atoms with Crippen molar-refractivity contribution >= 4 is 40.5 Å². The average Bonchev–Trinajstić information content (AvgIpc) is 2.77. The summed E-state index contributed by atoms with van der Waals surface area (Å²) in [7, 11) is 0. The van der Waals surface area contributed by atoms with Crippen molar-refractivity contribution in [2.45, 2.75) is 13.3 Å². The lowest BCUT2D eigenvalue weighted by Gasteiger charge is -2.01. The molecule has 0 spiro atoms. The fourth-order valence-electron chi connectivity index (χ4n) is 1.49. The molecule has 1 heterocycles. The number of rotatable bonds is 3. The first-order valence-electron chi connectivity index (χ1n) is 5.21. The van der Waals surface area contributed by atoms with E-state index in [1.165, 1.54) is 11.3 Å². The van der Waals surface area contributed by atoms with Crippen LogP contribution in [0.3, 0.4) is 0 Å². The van der Waals surface area contributed by atoms with E-state index in [1.54, 1.807) is 18.2 Å². The monoisotopic (exact) mass is 301 g/mol. The molecule has 18 heavy (non-hydrogen) atoms. The summed E-state index contributed by atoms with van der Waals surface area (Å²) in [5.74, 6) is -1.04. The van der Waals surface area contributed by atoms with Gasteiger partial charge in [-0.05, 0) is 24.1 Å². The van der Waals surface area contributed by atoms with E-state index < -0.39 is 5.97 Å². The van der Waals surface area contributed by atoms with Gasteiger partial charge in [0.1, 0.15) is 0 Å². The molecule has 0 aliphatic rings. The van der Waals surface area contributed by atoms with E-state index in [2.05, 4.69) is 4.98 Å². The number of thiazole rings is 1. The van der Waals surface area contributed by atoms with Crippen LogP contribution in [-0.4, -0.2) is 16.1 Å². The molecule has 1 aromatic heterocycles. The van der Waals surface area contributed by atoms with Crippen LogP contribution < -0.4 is 0 Å². The van der Waals surface area contributed by atoms with E-state index in [4.69, 9.17) is 28.3 Å². The zero-order chi connectivity index (χ0) is 13.3. The van der Waals surface area contributed by atoms with E-state index in [0.717, 1.165) is 10.6 Å². The molecule has 0 aliphatic heterocycles. The van der Waals surface area contributed by atoms with Crippen molar-refractivity contribution in [3.8, 4) is 10.4 Å². The minimum atomic E-state index is -1.04. The highest BCUT2D eigenvalue weighted by Gasteiger charge is 2.18. The number of hydrogen-bond donors (Lipinski definition) is 1. The molecule has 3 nitrogen and oxygen atoms in total. The van der Waals surface area contributed by atoms with Crippen molar-refractivity contribution in [3.63, 3.8) is 0 Å². The van der Waals surface area contributed by atoms with E-state index >= 15 is 0 Å². The maximum Gasteiger partial charge on any atom is 0.356 e. The van der Waals surface area contributed by atoms with Gasteiger partial charge in [-0.25, -0.2) is 9.78 Å². The Hall–Kier alpha value is -1.10. The SMILES string of the molecule is CCc1nc(C(=O)O)c(-c2ccc(Cl)c(Cl)c2)s1. The minimum Gasteiger partial charge on any atom is -0.476 e. The topological polar surface area (TPSA) is 50.2 Å². The lowest BCUT2D eigenvalue weighted by atomic mass is 10.1. The Morgan fingerprint density at radius 1 is 1.39 bits per heavy atom. The van der Waals surface area contributed by atoms with Gasteiger partial charge in [0.2, 0.25) is 0 Å². The second-order valence-corrected chi connectivity index (χ2v) is 5.47. The molecule has 1 N–H and O–H groups in total. The van der Waals surface area contributed by atoms with Gasteiger partial charge in [-0.3, -0.25) is 0 Å². The van der Waals surface area contributed by atoms with Crippen molar-refractivity contribution in [1.82, 2.24) is 4.98 Å². The molecule has 0 fully saturated rings. The van der Waals surface area contributed by atoms with Gasteiger partial charge >= 0.3 is 5.97 Å². The van der Waals surface area contributed by atoms with Gasteiger partial charge in [-0.2, -0.15) is 0 Å². The van der Waals surface area contributed by atoms with Gasteiger partial charge in [0, 0.05) is 0 Å². The van der Waals surface area contributed by atoms with Crippen molar-refractivity contribution in [2.24, 2.45) is 0 Å². The number of carboxylic acid groups (broad SMARTS) is 1. The fourth-order valence-corrected chi connectivity index (χ4v) is 2.78. The molecule has 6 heteroatoms. The van der Waals surface area contributed by atoms with E-state index in [9.17, 15) is 4.79 Å². The molecule has 0 saturated heterocycles. The van der Waals surface area contributed by atoms with Crippen LogP contribution in [-0.2, 0) is 6.42 Å². The van der Waals surface area contributed by atoms with Gasteiger partial charge in [-0.15, -0.1) is 11.3 Å². The Morgan fingerprint density at radius 2 is 2.11 bits per heavy atom. The summed E-state index contributed by atoms with van der Waals surface area (Å²) < 4.78 is 0. The van der Waals surface area contributed by atoms with Crippen LogP contribution in [0.15, 0.2) is 18.2 Å². The predicted octanol–water partition coefficient (Wildman–Crippen LogP) is 4.38. The van der Waals surface area contributed by atoms with E-state index in [-0.39, 0.29) is 5.69 Å². The van der Waals surface area contributed by atoms with Crippen LogP contribution in [0.1, 0.15) is 22.4 Å². The highest BCUT2D eigenvalue weighted by molar-refractivity contribution is 7.15. The van der Waals surface area contributed by atoms with Gasteiger partial charge in [-0.1, -0.05) is 36.2 Å². The molecule has 0 bridgehead atoms. The zero-order valence-corrected chi connectivity index (χ0v) is 11.7. The number of nitrogens with zero attached hydrogens (tertiary/aromatic N) is 1. The molecular formula is C12H9Cl2NO2S. The molecular weight excluding hydrogens is 293 g/mol. The number of aromatic nitrogens is 1. The Labute approximate surface area is 118 Å². The summed E-state index contributed by atoms with van der Waals surface area (Å²) in [6.45, 7) is 1.93. The second-order valence-electron chi connectivity index (χ2n) is 3.57. The zero-order valence-electron chi connectivity index (χ0n) is 9.41. The third-order valence-electron chi connectivity index (χ3n) is 2.36. The number of benzene rings is 1. The van der Waals surface area contributed by atoms with Crippen LogP contribution in [0, 0.1) is 0 Å². The number of carbonyl (C=O) groups is 1. The van der Waals surface area contributed by atoms with Gasteiger partial charge < -0.3 is 5.11 Å². The number of carboxylic acids is 1. The molecule has 94 valence electrons. The predicted molar refractivity (Wildman–Crippen MR) is 73.9 cm³/mol. The van der Waals surface area contributed by atoms with Crippen molar-refractivity contribution in [2.75, 3.05) is 0 Å². The van der Waals surface area contributed by atoms with Gasteiger partial charge in [0.15, 0.2) is 5.69 Å². The largest absolute Gasteiger partial charge is 0.476 e. The quantitative estimate of drug-likeness (QED) is 0.915. The Morgan fingerprint density at radius 3 is 2.67 bits per heavy atom. The van der Waals surface area contributed by atoms with E-state index in [1.807, 2.05) is 6.92 Å². The highest BCUT2D eigenvalue weighted by Crippen LogP contribution is 2.34. The maximum absolute atomic E-state index is 11.2. The lowest BCUT2D eigenvalue weighted by Crippen LogP contribution is -1.99. The van der Waals surface area contributed by atoms with Crippen molar-refractivity contribution in [1.29, 1.82) is 0 Å². The number of halogens is 2. The highest BCUT2D eigenvalue weighted by atomic mass is 35.5. The molecule has 0 amide bonds. The molecule has 0 radical (unpaired) electrons. The lowest BCUT2D eigenvalue weighted by molar-refractivity contribution is 0.0692. The summed E-state index contributed by atoms with van der Waals surface area (Å²) in [6.07, 6.45) is 0.701. The number of aryl methyl sites for hydroxylation is 1. The molecule has 0 saturated carbocycles. The molecule has 1 aromatic carbocycles. The molecule has 0 aliphatic carbocycles. The maximum atomic E-state index is 11.2. The molecule has 2 aromatic rings. The van der Waals surface area contributed by atoms with Crippen LogP contribution >= 0.6 is 34.5 Å². The van der Waals surface area contributed by atoms with E-state index in [0.29, 0.717) is 21.3 Å². The summed E-state index contributed by atoms with van der Waals surface area (Å²) >= 11 is 13.1. The fraction of sp³-hybridized carbons (Fsp3) is 0.167. The van der Waals surface area contributed by atoms with Crippen LogP contribution in [0.2, 0.25) is 10.0 Å². The molecule has 0 unspecified atom stereocenters. The first-order valence-corrected chi connectivity index (χ1v) is 6.78. The first-order chi connectivity index (χ1) is 8.52. The smallest absolute Gasteiger partial charge is 0.356 e. The normalized spacial score (nSPS) is 10.6. The summed E-state index contributed by atoms with van der Waals surface area (Å²) in [4.78, 5) is 15.9. The third-order valence-corrected chi connectivity index (χ3v) is 4.35. The third kappa shape index (κ3) is 2.51. The van der Waals surface area contributed by atoms with Crippen LogP contribution in [0.25, 0.3) is 10.4 Å². The van der Waals surface area contributed by atoms with Crippen molar-refractivity contribution < 1.29 is 9.90 Å². The Balaban J connectivity index is 2.58. The van der Waals surface area contributed by atoms with Gasteiger partial charge in [0.05, 0.1) is 19.9 Å². The minimum absolute atomic E-state index is 0.0650. The Bertz CT molecular complexity index is 610. The molecule has 2 rings (SSSR count). The van der Waals surface area contributed by atoms with Gasteiger partial charge in [0.25, 0.3) is 0 Å². The Kier molecular flexibility index (Phi) is 3.90. The second kappa shape index (κ2) is 5.26. The standard InChI is InChI=1S/C12H9Cl2NO2S/c1-2-9-15-10(12(16)17)11(18-9)6-3-4-7(13)8(14)5-6/h3-5H,2H2,1H3,(H,16,17). The summed E-state index contributed by atoms with van der Waals surface area (Å²) in [5.41, 5.74) is 0.786. The first kappa shape index (κ1) is 13.3. The summed E-state index contributed by atoms with van der Waals surface area (Å²) in [6, 6.07) is 5.05. The van der Waals surface area contributed by atoms with Crippen molar-refractivity contribution in [3.05, 3.63) is 38.9 Å². The van der Waals surface area contributed by atoms with Crippen LogP contribution in [0.4, 0.5) is 0 Å². The number of aromatic carboxylic acids is 1. The summed E-state index contributed by atoms with van der Waals surface area (Å²) in [5, 5.41) is 10.8. The number of hydrogen-bond acceptors (Lipinski definition) is 3. The molecule has 0 atom stereocenters. The van der Waals surface area contributed by atoms with Crippen LogP contribution in [0.5, 0.6) is 0 Å².